The van der Waals surface area contributed by atoms with Gasteiger partial charge in [-0.05, 0) is 56.8 Å². The van der Waals surface area contributed by atoms with Crippen molar-refractivity contribution in [2.75, 3.05) is 38.2 Å². The lowest BCUT2D eigenvalue weighted by Crippen LogP contribution is -2.36. The minimum Gasteiger partial charge on any atom is -0.491 e. The van der Waals surface area contributed by atoms with E-state index in [2.05, 4.69) is 23.7 Å². The summed E-state index contributed by atoms with van der Waals surface area (Å²) < 4.78 is 11.2. The van der Waals surface area contributed by atoms with Gasteiger partial charge in [0.05, 0.1) is 12.3 Å². The van der Waals surface area contributed by atoms with Gasteiger partial charge in [-0.1, -0.05) is 50.8 Å². The van der Waals surface area contributed by atoms with E-state index in [9.17, 15) is 4.79 Å². The van der Waals surface area contributed by atoms with Crippen LogP contribution in [0.25, 0.3) is 0 Å². The largest absolute Gasteiger partial charge is 0.491 e. The van der Waals surface area contributed by atoms with Crippen LogP contribution in [0.4, 0.5) is 10.5 Å². The monoisotopic (exact) mass is 402 g/mol. The van der Waals surface area contributed by atoms with Crippen LogP contribution >= 0.6 is 0 Å². The van der Waals surface area contributed by atoms with Crippen molar-refractivity contribution in [1.82, 2.24) is 4.90 Å². The maximum Gasteiger partial charge on any atom is 0.411 e. The molecule has 1 saturated heterocycles. The number of amides is 1. The van der Waals surface area contributed by atoms with Gasteiger partial charge in [0.1, 0.15) is 12.4 Å². The van der Waals surface area contributed by atoms with Crippen LogP contribution in [0.5, 0.6) is 5.75 Å². The fourth-order valence-electron chi connectivity index (χ4n) is 3.68. The number of para-hydroxylation sites is 2. The predicted molar refractivity (Wildman–Crippen MR) is 120 cm³/mol. The molecule has 1 aromatic carbocycles. The topological polar surface area (TPSA) is 50.8 Å². The highest BCUT2D eigenvalue weighted by molar-refractivity contribution is 5.86. The zero-order valence-electron chi connectivity index (χ0n) is 18.0. The number of rotatable bonds is 13. The minimum absolute atomic E-state index is 0.401. The quantitative estimate of drug-likeness (QED) is 0.331. The molecule has 0 aliphatic carbocycles. The van der Waals surface area contributed by atoms with Crippen LogP contribution in [0.2, 0.25) is 0 Å². The molecule has 0 aromatic heterocycles. The molecular weight excluding hydrogens is 364 g/mol. The number of piperidine rings is 1. The Kier molecular flexibility index (Phi) is 11.3. The van der Waals surface area contributed by atoms with E-state index in [1.165, 1.54) is 38.5 Å². The standard InChI is InChI=1S/C24H38N2O3/c1-3-5-6-7-10-19-28-23-13-9-8-12-22(23)25-24(27)29-20-18-26-16-14-21(11-4-2)15-17-26/h4,8-9,12-13,21H,2-3,5-7,10-11,14-20H2,1H3,(H,25,27). The molecule has 0 unspecified atom stereocenters. The molecule has 0 spiro atoms. The summed E-state index contributed by atoms with van der Waals surface area (Å²) in [6.45, 7) is 10.0. The normalized spacial score (nSPS) is 15.1. The van der Waals surface area contributed by atoms with Gasteiger partial charge in [-0.2, -0.15) is 0 Å². The molecule has 1 amide bonds. The first-order valence-electron chi connectivity index (χ1n) is 11.2. The van der Waals surface area contributed by atoms with Crippen molar-refractivity contribution < 1.29 is 14.3 Å². The minimum atomic E-state index is -0.425. The maximum atomic E-state index is 12.2. The van der Waals surface area contributed by atoms with Gasteiger partial charge < -0.3 is 9.47 Å². The number of carbonyl (C=O) groups is 1. The van der Waals surface area contributed by atoms with Crippen molar-refractivity contribution in [2.45, 2.75) is 58.3 Å². The average Bonchev–Trinajstić information content (AvgIpc) is 2.73. The highest BCUT2D eigenvalue weighted by Gasteiger charge is 2.18. The Bertz CT molecular complexity index is 598. The molecule has 0 radical (unpaired) electrons. The average molecular weight is 403 g/mol. The van der Waals surface area contributed by atoms with Crippen LogP contribution in [0, 0.1) is 5.92 Å². The third-order valence-corrected chi connectivity index (χ3v) is 5.48. The Morgan fingerprint density at radius 3 is 2.69 bits per heavy atom. The van der Waals surface area contributed by atoms with Crippen molar-refractivity contribution in [3.8, 4) is 5.75 Å². The van der Waals surface area contributed by atoms with Crippen LogP contribution in [-0.2, 0) is 4.74 Å². The number of allylic oxidation sites excluding steroid dienone is 1. The summed E-state index contributed by atoms with van der Waals surface area (Å²) in [5.41, 5.74) is 0.663. The molecule has 2 rings (SSSR count). The zero-order chi connectivity index (χ0) is 20.7. The third-order valence-electron chi connectivity index (χ3n) is 5.48. The van der Waals surface area contributed by atoms with E-state index in [1.54, 1.807) is 0 Å². The van der Waals surface area contributed by atoms with E-state index >= 15 is 0 Å². The van der Waals surface area contributed by atoms with Crippen molar-refractivity contribution >= 4 is 11.8 Å². The molecule has 1 heterocycles. The smallest absolute Gasteiger partial charge is 0.411 e. The van der Waals surface area contributed by atoms with Gasteiger partial charge in [0.25, 0.3) is 0 Å². The molecule has 5 heteroatoms. The van der Waals surface area contributed by atoms with E-state index in [-0.39, 0.29) is 0 Å². The van der Waals surface area contributed by atoms with Gasteiger partial charge in [0, 0.05) is 6.54 Å². The molecule has 0 atom stereocenters. The number of unbranched alkanes of at least 4 members (excludes halogenated alkanes) is 4. The summed E-state index contributed by atoms with van der Waals surface area (Å²) in [4.78, 5) is 14.5. The number of anilines is 1. The van der Waals surface area contributed by atoms with Crippen molar-refractivity contribution in [3.63, 3.8) is 0 Å². The first kappa shape index (κ1) is 23.3. The summed E-state index contributed by atoms with van der Waals surface area (Å²) in [6, 6.07) is 7.53. The first-order valence-corrected chi connectivity index (χ1v) is 11.2. The molecule has 1 aliphatic heterocycles. The molecule has 29 heavy (non-hydrogen) atoms. The fraction of sp³-hybridized carbons (Fsp3) is 0.625. The lowest BCUT2D eigenvalue weighted by molar-refractivity contribution is 0.121. The molecule has 162 valence electrons. The number of benzene rings is 1. The van der Waals surface area contributed by atoms with Gasteiger partial charge in [-0.25, -0.2) is 4.79 Å². The van der Waals surface area contributed by atoms with E-state index in [1.807, 2.05) is 30.3 Å². The second-order valence-electron chi connectivity index (χ2n) is 7.83. The van der Waals surface area contributed by atoms with Crippen molar-refractivity contribution in [1.29, 1.82) is 0 Å². The zero-order valence-corrected chi connectivity index (χ0v) is 18.0. The summed E-state index contributed by atoms with van der Waals surface area (Å²) in [6.07, 6.45) is 11.1. The SMILES string of the molecule is C=CCC1CCN(CCOC(=O)Nc2ccccc2OCCCCCCC)CC1. The number of nitrogens with one attached hydrogen (secondary N) is 1. The second kappa shape index (κ2) is 14.0. The molecule has 1 aromatic rings. The Morgan fingerprint density at radius 2 is 1.93 bits per heavy atom. The Labute approximate surface area is 176 Å². The number of carbonyl (C=O) groups excluding carboxylic acids is 1. The number of ether oxygens (including phenoxy) is 2. The Morgan fingerprint density at radius 1 is 1.17 bits per heavy atom. The molecule has 1 aliphatic rings. The van der Waals surface area contributed by atoms with Crippen LogP contribution in [0.15, 0.2) is 36.9 Å². The summed E-state index contributed by atoms with van der Waals surface area (Å²) >= 11 is 0. The molecule has 5 nitrogen and oxygen atoms in total. The lowest BCUT2D eigenvalue weighted by Gasteiger charge is -2.31. The van der Waals surface area contributed by atoms with Crippen LogP contribution in [0.1, 0.15) is 58.3 Å². The number of likely N-dealkylation sites (tertiary alicyclic amines) is 1. The number of hydrogen-bond acceptors (Lipinski definition) is 4. The first-order chi connectivity index (χ1) is 14.2. The van der Waals surface area contributed by atoms with Gasteiger partial charge in [-0.15, -0.1) is 6.58 Å². The highest BCUT2D eigenvalue weighted by atomic mass is 16.5. The van der Waals surface area contributed by atoms with Crippen LogP contribution in [0.3, 0.4) is 0 Å². The van der Waals surface area contributed by atoms with E-state index in [4.69, 9.17) is 9.47 Å². The molecular formula is C24H38N2O3. The Hall–Kier alpha value is -2.01. The molecule has 1 fully saturated rings. The third kappa shape index (κ3) is 9.35. The predicted octanol–water partition coefficient (Wildman–Crippen LogP) is 5.87. The lowest BCUT2D eigenvalue weighted by atomic mass is 9.94. The van der Waals surface area contributed by atoms with Crippen molar-refractivity contribution in [3.05, 3.63) is 36.9 Å². The second-order valence-corrected chi connectivity index (χ2v) is 7.83. The van der Waals surface area contributed by atoms with E-state index < -0.39 is 6.09 Å². The van der Waals surface area contributed by atoms with Crippen LogP contribution < -0.4 is 10.1 Å². The maximum absolute atomic E-state index is 12.2. The van der Waals surface area contributed by atoms with Gasteiger partial charge in [0.15, 0.2) is 0 Å². The van der Waals surface area contributed by atoms with Crippen LogP contribution in [-0.4, -0.2) is 43.8 Å². The van der Waals surface area contributed by atoms with Gasteiger partial charge >= 0.3 is 6.09 Å². The van der Waals surface area contributed by atoms with Gasteiger partial charge in [-0.3, -0.25) is 10.2 Å². The van der Waals surface area contributed by atoms with Crippen molar-refractivity contribution in [2.24, 2.45) is 5.92 Å². The Balaban J connectivity index is 1.65. The molecule has 0 bridgehead atoms. The molecule has 0 saturated carbocycles. The van der Waals surface area contributed by atoms with Gasteiger partial charge in [0.2, 0.25) is 0 Å². The highest BCUT2D eigenvalue weighted by Crippen LogP contribution is 2.24. The summed E-state index contributed by atoms with van der Waals surface area (Å²) in [5, 5.41) is 2.82. The summed E-state index contributed by atoms with van der Waals surface area (Å²) in [5.74, 6) is 1.46. The fourth-order valence-corrected chi connectivity index (χ4v) is 3.68. The van der Waals surface area contributed by atoms with E-state index in [0.717, 1.165) is 38.4 Å². The number of hydrogen-bond donors (Lipinski definition) is 1. The molecule has 1 N–H and O–H groups in total. The van der Waals surface area contributed by atoms with E-state index in [0.29, 0.717) is 24.7 Å². The number of nitrogens with zero attached hydrogens (tertiary/aromatic N) is 1. The summed E-state index contributed by atoms with van der Waals surface area (Å²) in [7, 11) is 0.